The van der Waals surface area contributed by atoms with Crippen molar-refractivity contribution in [1.82, 2.24) is 4.90 Å². The van der Waals surface area contributed by atoms with Gasteiger partial charge in [0.05, 0.1) is 19.2 Å². The third kappa shape index (κ3) is 5.14. The quantitative estimate of drug-likeness (QED) is 0.588. The molecule has 0 saturated carbocycles. The second kappa shape index (κ2) is 8.58. The first-order valence-electron chi connectivity index (χ1n) is 6.54. The minimum absolute atomic E-state index is 0.0492. The first-order chi connectivity index (χ1) is 10.1. The van der Waals surface area contributed by atoms with E-state index in [9.17, 15) is 9.59 Å². The van der Waals surface area contributed by atoms with Crippen LogP contribution in [0.15, 0.2) is 49.6 Å². The zero-order chi connectivity index (χ0) is 15.7. The van der Waals surface area contributed by atoms with Gasteiger partial charge in [-0.1, -0.05) is 12.2 Å². The molecule has 0 saturated heterocycles. The predicted octanol–water partition coefficient (Wildman–Crippen LogP) is 2.09. The Hall–Kier alpha value is -2.56. The average Bonchev–Trinajstić information content (AvgIpc) is 2.52. The number of amides is 1. The second-order valence-electron chi connectivity index (χ2n) is 4.30. The van der Waals surface area contributed by atoms with E-state index in [1.807, 2.05) is 0 Å². The maximum atomic E-state index is 12.0. The fourth-order valence-corrected chi connectivity index (χ4v) is 1.72. The number of esters is 1. The van der Waals surface area contributed by atoms with E-state index >= 15 is 0 Å². The molecular weight excluding hydrogens is 268 g/mol. The summed E-state index contributed by atoms with van der Waals surface area (Å²) in [6.07, 6.45) is 3.35. The molecule has 21 heavy (non-hydrogen) atoms. The van der Waals surface area contributed by atoms with Gasteiger partial charge in [0.15, 0.2) is 0 Å². The van der Waals surface area contributed by atoms with Gasteiger partial charge in [0.1, 0.15) is 0 Å². The Morgan fingerprint density at radius 2 is 1.76 bits per heavy atom. The number of anilines is 1. The summed E-state index contributed by atoms with van der Waals surface area (Å²) >= 11 is 0. The summed E-state index contributed by atoms with van der Waals surface area (Å²) in [6.45, 7) is 8.38. The van der Waals surface area contributed by atoms with E-state index in [0.29, 0.717) is 18.7 Å². The van der Waals surface area contributed by atoms with Gasteiger partial charge in [0.25, 0.3) is 0 Å². The average molecular weight is 288 g/mol. The molecule has 0 fully saturated rings. The lowest BCUT2D eigenvalue weighted by atomic mass is 10.2. The number of carbonyl (C=O) groups is 2. The molecule has 1 aromatic carbocycles. The van der Waals surface area contributed by atoms with E-state index < -0.39 is 0 Å². The summed E-state index contributed by atoms with van der Waals surface area (Å²) in [7, 11) is 1.33. The molecular formula is C16H20N2O3. The smallest absolute Gasteiger partial charge is 0.337 e. The highest BCUT2D eigenvalue weighted by Crippen LogP contribution is 2.10. The van der Waals surface area contributed by atoms with Crippen LogP contribution in [0.5, 0.6) is 0 Å². The van der Waals surface area contributed by atoms with Crippen LogP contribution in [0.4, 0.5) is 5.69 Å². The number of hydrogen-bond donors (Lipinski definition) is 1. The molecule has 1 amide bonds. The molecule has 112 valence electrons. The van der Waals surface area contributed by atoms with Crippen molar-refractivity contribution in [2.45, 2.75) is 0 Å². The monoisotopic (exact) mass is 288 g/mol. The molecule has 0 unspecified atom stereocenters. The first kappa shape index (κ1) is 16.5. The van der Waals surface area contributed by atoms with E-state index in [0.717, 1.165) is 5.69 Å². The minimum atomic E-state index is -0.388. The summed E-state index contributed by atoms with van der Waals surface area (Å²) in [5, 5.41) is 3.01. The fourth-order valence-electron chi connectivity index (χ4n) is 1.72. The Kier molecular flexibility index (Phi) is 6.74. The van der Waals surface area contributed by atoms with Gasteiger partial charge in [-0.2, -0.15) is 0 Å². The van der Waals surface area contributed by atoms with E-state index in [2.05, 4.69) is 23.2 Å². The van der Waals surface area contributed by atoms with Crippen molar-refractivity contribution in [1.29, 1.82) is 0 Å². The number of benzene rings is 1. The highest BCUT2D eigenvalue weighted by Gasteiger charge is 2.10. The first-order valence-corrected chi connectivity index (χ1v) is 6.54. The van der Waals surface area contributed by atoms with Crippen LogP contribution in [-0.4, -0.2) is 43.5 Å². The van der Waals surface area contributed by atoms with Crippen molar-refractivity contribution in [2.75, 3.05) is 32.1 Å². The zero-order valence-electron chi connectivity index (χ0n) is 12.2. The third-order valence-corrected chi connectivity index (χ3v) is 2.80. The Bertz CT molecular complexity index is 499. The van der Waals surface area contributed by atoms with Gasteiger partial charge in [-0.25, -0.2) is 4.79 Å². The van der Waals surface area contributed by atoms with Crippen LogP contribution in [-0.2, 0) is 9.53 Å². The van der Waals surface area contributed by atoms with Crippen molar-refractivity contribution >= 4 is 17.6 Å². The maximum Gasteiger partial charge on any atom is 0.337 e. The van der Waals surface area contributed by atoms with Gasteiger partial charge in [-0.15, -0.1) is 13.2 Å². The molecule has 1 aromatic rings. The van der Waals surface area contributed by atoms with Gasteiger partial charge in [0, 0.05) is 18.8 Å². The molecule has 1 N–H and O–H groups in total. The van der Waals surface area contributed by atoms with Crippen LogP contribution >= 0.6 is 0 Å². The van der Waals surface area contributed by atoms with Crippen LogP contribution in [0.2, 0.25) is 0 Å². The molecule has 0 radical (unpaired) electrons. The molecule has 0 aromatic heterocycles. The lowest BCUT2D eigenvalue weighted by molar-refractivity contribution is -0.128. The number of nitrogens with one attached hydrogen (secondary N) is 1. The highest BCUT2D eigenvalue weighted by atomic mass is 16.5. The molecule has 0 heterocycles. The number of rotatable bonds is 8. The third-order valence-electron chi connectivity index (χ3n) is 2.80. The molecule has 5 heteroatoms. The van der Waals surface area contributed by atoms with Gasteiger partial charge in [-0.3, -0.25) is 4.79 Å². The van der Waals surface area contributed by atoms with Crippen molar-refractivity contribution in [3.05, 3.63) is 55.1 Å². The summed E-state index contributed by atoms with van der Waals surface area (Å²) in [4.78, 5) is 24.9. The number of carbonyl (C=O) groups excluding carboxylic acids is 2. The number of hydrogen-bond acceptors (Lipinski definition) is 4. The highest BCUT2D eigenvalue weighted by molar-refractivity contribution is 5.89. The summed E-state index contributed by atoms with van der Waals surface area (Å²) in [5.74, 6) is -0.437. The van der Waals surface area contributed by atoms with E-state index in [1.54, 1.807) is 41.3 Å². The second-order valence-corrected chi connectivity index (χ2v) is 4.30. The lowest BCUT2D eigenvalue weighted by Gasteiger charge is -2.19. The van der Waals surface area contributed by atoms with E-state index in [4.69, 9.17) is 0 Å². The number of nitrogens with zero attached hydrogens (tertiary/aromatic N) is 1. The van der Waals surface area contributed by atoms with Crippen LogP contribution < -0.4 is 5.32 Å². The topological polar surface area (TPSA) is 58.6 Å². The standard InChI is InChI=1S/C16H20N2O3/c1-4-10-18(11-5-2)15(19)12-17-14-8-6-13(7-9-14)16(20)21-3/h4-9,17H,1-2,10-12H2,3H3. The molecule has 5 nitrogen and oxygen atoms in total. The molecule has 0 aliphatic rings. The molecule has 0 bridgehead atoms. The van der Waals surface area contributed by atoms with Crippen LogP contribution in [0.25, 0.3) is 0 Å². The maximum absolute atomic E-state index is 12.0. The van der Waals surface area contributed by atoms with Crippen molar-refractivity contribution in [2.24, 2.45) is 0 Å². The van der Waals surface area contributed by atoms with Crippen molar-refractivity contribution < 1.29 is 14.3 Å². The number of ether oxygens (including phenoxy) is 1. The van der Waals surface area contributed by atoms with E-state index in [1.165, 1.54) is 7.11 Å². The van der Waals surface area contributed by atoms with Crippen LogP contribution in [0.1, 0.15) is 10.4 Å². The Labute approximate surface area is 124 Å². The Balaban J connectivity index is 2.57. The van der Waals surface area contributed by atoms with Gasteiger partial charge in [-0.05, 0) is 24.3 Å². The Morgan fingerprint density at radius 1 is 1.19 bits per heavy atom. The van der Waals surface area contributed by atoms with Gasteiger partial charge >= 0.3 is 5.97 Å². The summed E-state index contributed by atoms with van der Waals surface area (Å²) in [6, 6.07) is 6.74. The SMILES string of the molecule is C=CCN(CC=C)C(=O)CNc1ccc(C(=O)OC)cc1. The van der Waals surface area contributed by atoms with Crippen LogP contribution in [0.3, 0.4) is 0 Å². The minimum Gasteiger partial charge on any atom is -0.465 e. The fraction of sp³-hybridized carbons (Fsp3) is 0.250. The molecule has 1 rings (SSSR count). The van der Waals surface area contributed by atoms with Crippen molar-refractivity contribution in [3.8, 4) is 0 Å². The van der Waals surface area contributed by atoms with Gasteiger partial charge in [0.2, 0.25) is 5.91 Å². The molecule has 0 aliphatic carbocycles. The van der Waals surface area contributed by atoms with Gasteiger partial charge < -0.3 is 15.0 Å². The van der Waals surface area contributed by atoms with Crippen LogP contribution in [0, 0.1) is 0 Å². The summed E-state index contributed by atoms with van der Waals surface area (Å²) in [5.41, 5.74) is 1.22. The summed E-state index contributed by atoms with van der Waals surface area (Å²) < 4.78 is 4.62. The normalized spacial score (nSPS) is 9.57. The molecule has 0 spiro atoms. The molecule has 0 aliphatic heterocycles. The lowest BCUT2D eigenvalue weighted by Crippen LogP contribution is -2.35. The largest absolute Gasteiger partial charge is 0.465 e. The zero-order valence-corrected chi connectivity index (χ0v) is 12.2. The Morgan fingerprint density at radius 3 is 2.24 bits per heavy atom. The predicted molar refractivity (Wildman–Crippen MR) is 83.2 cm³/mol. The van der Waals surface area contributed by atoms with E-state index in [-0.39, 0.29) is 18.4 Å². The van der Waals surface area contributed by atoms with Crippen molar-refractivity contribution in [3.63, 3.8) is 0 Å². The molecule has 0 atom stereocenters. The number of methoxy groups -OCH3 is 1.